The lowest BCUT2D eigenvalue weighted by atomic mass is 10.2. The third-order valence-corrected chi connectivity index (χ3v) is 3.79. The smallest absolute Gasteiger partial charge is 0.150 e. The highest BCUT2D eigenvalue weighted by Gasteiger charge is 2.40. The fourth-order valence-electron chi connectivity index (χ4n) is 2.90. The summed E-state index contributed by atoms with van der Waals surface area (Å²) in [7, 11) is 0. The first-order valence-electron chi connectivity index (χ1n) is 6.12. The third-order valence-electron chi connectivity index (χ3n) is 3.79. The van der Waals surface area contributed by atoms with E-state index in [1.807, 2.05) is 6.07 Å². The van der Waals surface area contributed by atoms with Crippen LogP contribution >= 0.6 is 0 Å². The lowest BCUT2D eigenvalue weighted by Crippen LogP contribution is -2.44. The van der Waals surface area contributed by atoms with Crippen molar-refractivity contribution in [3.8, 4) is 0 Å². The minimum atomic E-state index is 0.425. The van der Waals surface area contributed by atoms with Crippen LogP contribution in [0.15, 0.2) is 30.4 Å². The van der Waals surface area contributed by atoms with Crippen LogP contribution in [0, 0.1) is 5.92 Å². The first-order valence-corrected chi connectivity index (χ1v) is 6.12. The van der Waals surface area contributed by atoms with Gasteiger partial charge in [0, 0.05) is 12.1 Å². The molecule has 2 atom stereocenters. The molecule has 1 N–H and O–H groups in total. The molecule has 1 aliphatic carbocycles. The Balaban J connectivity index is 1.67. The summed E-state index contributed by atoms with van der Waals surface area (Å²) in [5.74, 6) is 0.636. The zero-order valence-corrected chi connectivity index (χ0v) is 9.74. The molecule has 1 saturated heterocycles. The van der Waals surface area contributed by atoms with Gasteiger partial charge in [0.1, 0.15) is 12.0 Å². The van der Waals surface area contributed by atoms with E-state index < -0.39 is 0 Å². The fraction of sp³-hybridized carbons (Fsp3) is 0.308. The molecule has 0 aromatic heterocycles. The standard InChI is InChI=1S/C13H13N3O2/c17-8-10-2-4-13-12(6-10)14-18-16(13)15-7-9-1-3-11(15)5-9/h1-4,6,8-9,11,14H,5,7H2/t9-,11-/m0/s1. The van der Waals surface area contributed by atoms with Crippen LogP contribution in [0.2, 0.25) is 0 Å². The number of fused-ring (bicyclic) bond motifs is 3. The molecule has 2 aliphatic heterocycles. The Morgan fingerprint density at radius 1 is 1.39 bits per heavy atom. The van der Waals surface area contributed by atoms with E-state index in [-0.39, 0.29) is 0 Å². The van der Waals surface area contributed by atoms with Crippen molar-refractivity contribution >= 4 is 17.7 Å². The van der Waals surface area contributed by atoms with Gasteiger partial charge in [0.2, 0.25) is 0 Å². The molecule has 0 spiro atoms. The van der Waals surface area contributed by atoms with Crippen molar-refractivity contribution in [1.82, 2.24) is 5.01 Å². The second kappa shape index (κ2) is 3.57. The van der Waals surface area contributed by atoms with Gasteiger partial charge in [-0.05, 0) is 30.5 Å². The highest BCUT2D eigenvalue weighted by atomic mass is 16.8. The Morgan fingerprint density at radius 3 is 3.06 bits per heavy atom. The van der Waals surface area contributed by atoms with E-state index in [1.54, 1.807) is 17.3 Å². The van der Waals surface area contributed by atoms with Gasteiger partial charge in [0.25, 0.3) is 0 Å². The Hall–Kier alpha value is -1.85. The minimum absolute atomic E-state index is 0.425. The number of benzene rings is 1. The molecule has 18 heavy (non-hydrogen) atoms. The molecule has 1 fully saturated rings. The van der Waals surface area contributed by atoms with E-state index in [0.29, 0.717) is 17.5 Å². The third kappa shape index (κ3) is 1.31. The number of nitrogens with one attached hydrogen (secondary N) is 1. The van der Waals surface area contributed by atoms with Gasteiger partial charge >= 0.3 is 0 Å². The summed E-state index contributed by atoms with van der Waals surface area (Å²) in [5, 5.41) is 4.02. The predicted molar refractivity (Wildman–Crippen MR) is 66.8 cm³/mol. The van der Waals surface area contributed by atoms with Gasteiger partial charge in [-0.15, -0.1) is 4.94 Å². The van der Waals surface area contributed by atoms with Crippen LogP contribution in [0.3, 0.4) is 0 Å². The van der Waals surface area contributed by atoms with Crippen LogP contribution in [0.25, 0.3) is 0 Å². The van der Waals surface area contributed by atoms with E-state index in [0.717, 1.165) is 24.2 Å². The molecule has 92 valence electrons. The number of carbonyl (C=O) groups excluding carboxylic acids is 1. The normalized spacial score (nSPS) is 28.6. The molecule has 2 bridgehead atoms. The number of aldehydes is 1. The molecular weight excluding hydrogens is 230 g/mol. The maximum atomic E-state index is 10.7. The summed E-state index contributed by atoms with van der Waals surface area (Å²) >= 11 is 0. The van der Waals surface area contributed by atoms with E-state index in [9.17, 15) is 4.79 Å². The second-order valence-electron chi connectivity index (χ2n) is 4.93. The topological polar surface area (TPSA) is 44.8 Å². The highest BCUT2D eigenvalue weighted by Crippen LogP contribution is 2.39. The van der Waals surface area contributed by atoms with Gasteiger partial charge in [-0.3, -0.25) is 4.79 Å². The monoisotopic (exact) mass is 243 g/mol. The first-order chi connectivity index (χ1) is 8.85. The van der Waals surface area contributed by atoms with Gasteiger partial charge < -0.3 is 0 Å². The van der Waals surface area contributed by atoms with Crippen LogP contribution in [-0.4, -0.2) is 23.9 Å². The van der Waals surface area contributed by atoms with Crippen molar-refractivity contribution in [1.29, 1.82) is 0 Å². The van der Waals surface area contributed by atoms with Crippen molar-refractivity contribution in [2.45, 2.75) is 12.5 Å². The van der Waals surface area contributed by atoms with E-state index >= 15 is 0 Å². The van der Waals surface area contributed by atoms with Gasteiger partial charge in [-0.25, -0.2) is 5.48 Å². The number of nitrogens with zero attached hydrogens (tertiary/aromatic N) is 2. The summed E-state index contributed by atoms with van der Waals surface area (Å²) in [6.07, 6.45) is 6.52. The Labute approximate surface area is 105 Å². The molecular formula is C13H13N3O2. The number of hydrogen-bond donors (Lipinski definition) is 1. The Kier molecular flexibility index (Phi) is 2.00. The van der Waals surface area contributed by atoms with E-state index in [1.165, 1.54) is 6.42 Å². The van der Waals surface area contributed by atoms with Crippen LogP contribution in [0.5, 0.6) is 0 Å². The molecule has 3 aliphatic rings. The van der Waals surface area contributed by atoms with Gasteiger partial charge in [-0.1, -0.05) is 12.2 Å². The number of hydrogen-bond acceptors (Lipinski definition) is 5. The van der Waals surface area contributed by atoms with Crippen molar-refractivity contribution in [3.63, 3.8) is 0 Å². The van der Waals surface area contributed by atoms with Crippen molar-refractivity contribution < 1.29 is 9.73 Å². The molecule has 0 radical (unpaired) electrons. The lowest BCUT2D eigenvalue weighted by molar-refractivity contribution is 0.0343. The number of anilines is 2. The summed E-state index contributed by atoms with van der Waals surface area (Å²) in [5.41, 5.74) is 5.31. The second-order valence-corrected chi connectivity index (χ2v) is 4.93. The lowest BCUT2D eigenvalue weighted by Gasteiger charge is -2.31. The molecule has 2 heterocycles. The Morgan fingerprint density at radius 2 is 2.33 bits per heavy atom. The van der Waals surface area contributed by atoms with Gasteiger partial charge in [0.05, 0.1) is 11.7 Å². The molecule has 1 aromatic rings. The predicted octanol–water partition coefficient (Wildman–Crippen LogP) is 1.75. The zero-order chi connectivity index (χ0) is 12.1. The quantitative estimate of drug-likeness (QED) is 0.633. The van der Waals surface area contributed by atoms with Crippen LogP contribution < -0.4 is 10.7 Å². The fourth-order valence-corrected chi connectivity index (χ4v) is 2.90. The molecule has 5 nitrogen and oxygen atoms in total. The van der Waals surface area contributed by atoms with E-state index in [4.69, 9.17) is 4.94 Å². The Bertz CT molecular complexity index is 543. The first kappa shape index (κ1) is 10.1. The van der Waals surface area contributed by atoms with Gasteiger partial charge in [0.15, 0.2) is 0 Å². The SMILES string of the molecule is O=Cc1ccc2c(c1)NON2N1C[C@H]2C=C[C@H]1C2. The molecule has 5 heteroatoms. The summed E-state index contributed by atoms with van der Waals surface area (Å²) in [6, 6.07) is 5.94. The molecule has 0 amide bonds. The highest BCUT2D eigenvalue weighted by molar-refractivity contribution is 5.82. The zero-order valence-electron chi connectivity index (χ0n) is 9.74. The van der Waals surface area contributed by atoms with Crippen molar-refractivity contribution in [2.24, 2.45) is 5.92 Å². The summed E-state index contributed by atoms with van der Waals surface area (Å²) < 4.78 is 0. The van der Waals surface area contributed by atoms with Crippen LogP contribution in [-0.2, 0) is 4.94 Å². The average Bonchev–Trinajstić information content (AvgIpc) is 3.11. The molecule has 0 saturated carbocycles. The van der Waals surface area contributed by atoms with Crippen molar-refractivity contribution in [2.75, 3.05) is 17.2 Å². The number of hydrazine groups is 1. The van der Waals surface area contributed by atoms with Crippen molar-refractivity contribution in [3.05, 3.63) is 35.9 Å². The average molecular weight is 243 g/mol. The maximum Gasteiger partial charge on any atom is 0.150 e. The summed E-state index contributed by atoms with van der Waals surface area (Å²) in [4.78, 5) is 16.3. The largest absolute Gasteiger partial charge is 0.298 e. The molecule has 0 unspecified atom stereocenters. The van der Waals surface area contributed by atoms with Gasteiger partial charge in [-0.2, -0.15) is 10.2 Å². The molecule has 1 aromatic carbocycles. The molecule has 4 rings (SSSR count). The maximum absolute atomic E-state index is 10.7. The summed E-state index contributed by atoms with van der Waals surface area (Å²) in [6.45, 7) is 0.984. The minimum Gasteiger partial charge on any atom is -0.298 e. The van der Waals surface area contributed by atoms with Crippen LogP contribution in [0.4, 0.5) is 11.4 Å². The number of rotatable bonds is 2. The van der Waals surface area contributed by atoms with E-state index in [2.05, 4.69) is 22.6 Å². The van der Waals surface area contributed by atoms with Crippen LogP contribution in [0.1, 0.15) is 16.8 Å². The number of carbonyl (C=O) groups is 1.